The van der Waals surface area contributed by atoms with Gasteiger partial charge in [0, 0.05) is 13.7 Å². The zero-order valence-electron chi connectivity index (χ0n) is 13.7. The highest BCUT2D eigenvalue weighted by atomic mass is 16.6. The van der Waals surface area contributed by atoms with E-state index in [0.717, 1.165) is 19.4 Å². The lowest BCUT2D eigenvalue weighted by Gasteiger charge is -2.22. The van der Waals surface area contributed by atoms with Gasteiger partial charge in [0.25, 0.3) is 0 Å². The van der Waals surface area contributed by atoms with Crippen molar-refractivity contribution in [1.82, 2.24) is 5.32 Å². The second kappa shape index (κ2) is 14.2. The first-order chi connectivity index (χ1) is 10.2. The number of hydrogen-bond donors (Lipinski definition) is 1. The van der Waals surface area contributed by atoms with Crippen molar-refractivity contribution in [2.45, 2.75) is 32.2 Å². The van der Waals surface area contributed by atoms with E-state index < -0.39 is 5.54 Å². The molecule has 1 N–H and O–H groups in total. The standard InChI is InChI=1S/C15H30N2O4/c1-4-17-15(2,14-16)6-5-7-19-10-11-21-13-12-20-9-8-18-3/h17H,4-13H2,1-3H3. The van der Waals surface area contributed by atoms with Crippen LogP contribution in [0.4, 0.5) is 0 Å². The van der Waals surface area contributed by atoms with Gasteiger partial charge in [0.2, 0.25) is 0 Å². The average molecular weight is 302 g/mol. The molecule has 0 aliphatic carbocycles. The molecule has 0 amide bonds. The molecule has 0 radical (unpaired) electrons. The van der Waals surface area contributed by atoms with Crippen LogP contribution in [0.15, 0.2) is 0 Å². The third kappa shape index (κ3) is 12.7. The summed E-state index contributed by atoms with van der Waals surface area (Å²) in [6.07, 6.45) is 1.64. The molecular weight excluding hydrogens is 272 g/mol. The highest BCUT2D eigenvalue weighted by molar-refractivity contribution is 5.03. The molecule has 0 rings (SSSR count). The molecule has 0 heterocycles. The molecule has 0 aliphatic heterocycles. The van der Waals surface area contributed by atoms with Crippen molar-refractivity contribution in [1.29, 1.82) is 5.26 Å². The first kappa shape index (κ1) is 20.3. The Hall–Kier alpha value is -0.710. The fraction of sp³-hybridized carbons (Fsp3) is 0.933. The van der Waals surface area contributed by atoms with Gasteiger partial charge < -0.3 is 18.9 Å². The number of nitrogens with zero attached hydrogens (tertiary/aromatic N) is 1. The first-order valence-electron chi connectivity index (χ1n) is 7.57. The van der Waals surface area contributed by atoms with Crippen LogP contribution in [-0.4, -0.2) is 65.4 Å². The molecule has 0 aromatic carbocycles. The van der Waals surface area contributed by atoms with E-state index in [0.29, 0.717) is 46.2 Å². The average Bonchev–Trinajstić information content (AvgIpc) is 2.48. The van der Waals surface area contributed by atoms with Crippen LogP contribution in [0, 0.1) is 11.3 Å². The minimum absolute atomic E-state index is 0.450. The maximum absolute atomic E-state index is 9.10. The topological polar surface area (TPSA) is 72.7 Å². The van der Waals surface area contributed by atoms with Crippen molar-refractivity contribution < 1.29 is 18.9 Å². The molecule has 1 atom stereocenters. The number of rotatable bonds is 15. The summed E-state index contributed by atoms with van der Waals surface area (Å²) in [6.45, 7) is 8.86. The minimum Gasteiger partial charge on any atom is -0.382 e. The van der Waals surface area contributed by atoms with Crippen LogP contribution < -0.4 is 5.32 Å². The van der Waals surface area contributed by atoms with Gasteiger partial charge in [-0.15, -0.1) is 0 Å². The van der Waals surface area contributed by atoms with Crippen molar-refractivity contribution in [2.75, 3.05) is 59.9 Å². The monoisotopic (exact) mass is 302 g/mol. The van der Waals surface area contributed by atoms with Gasteiger partial charge in [-0.1, -0.05) is 6.92 Å². The molecule has 1 unspecified atom stereocenters. The van der Waals surface area contributed by atoms with E-state index in [1.54, 1.807) is 7.11 Å². The third-order valence-corrected chi connectivity index (χ3v) is 2.95. The highest BCUT2D eigenvalue weighted by Crippen LogP contribution is 2.10. The molecular formula is C15H30N2O4. The van der Waals surface area contributed by atoms with E-state index in [1.807, 2.05) is 13.8 Å². The van der Waals surface area contributed by atoms with E-state index in [-0.39, 0.29) is 0 Å². The van der Waals surface area contributed by atoms with Gasteiger partial charge in [0.15, 0.2) is 0 Å². The van der Waals surface area contributed by atoms with Gasteiger partial charge in [-0.05, 0) is 26.3 Å². The summed E-state index contributed by atoms with van der Waals surface area (Å²) >= 11 is 0. The van der Waals surface area contributed by atoms with Crippen molar-refractivity contribution in [3.05, 3.63) is 0 Å². The Balaban J connectivity index is 3.28. The molecule has 0 saturated carbocycles. The van der Waals surface area contributed by atoms with Crippen LogP contribution in [0.2, 0.25) is 0 Å². The van der Waals surface area contributed by atoms with Crippen molar-refractivity contribution in [3.8, 4) is 6.07 Å². The van der Waals surface area contributed by atoms with Gasteiger partial charge in [-0.2, -0.15) is 5.26 Å². The highest BCUT2D eigenvalue weighted by Gasteiger charge is 2.21. The SMILES string of the molecule is CCNC(C)(C#N)CCCOCCOCCOCCOC. The number of nitriles is 1. The molecule has 0 fully saturated rings. The molecule has 0 aromatic rings. The Morgan fingerprint density at radius 2 is 1.48 bits per heavy atom. The van der Waals surface area contributed by atoms with Crippen molar-refractivity contribution >= 4 is 0 Å². The molecule has 21 heavy (non-hydrogen) atoms. The summed E-state index contributed by atoms with van der Waals surface area (Å²) in [4.78, 5) is 0. The van der Waals surface area contributed by atoms with Crippen LogP contribution in [0.1, 0.15) is 26.7 Å². The molecule has 124 valence electrons. The lowest BCUT2D eigenvalue weighted by Crippen LogP contribution is -2.40. The smallest absolute Gasteiger partial charge is 0.104 e. The van der Waals surface area contributed by atoms with Gasteiger partial charge >= 0.3 is 0 Å². The summed E-state index contributed by atoms with van der Waals surface area (Å²) in [5.41, 5.74) is -0.450. The van der Waals surface area contributed by atoms with Crippen molar-refractivity contribution in [2.24, 2.45) is 0 Å². The maximum Gasteiger partial charge on any atom is 0.104 e. The summed E-state index contributed by atoms with van der Waals surface area (Å²) in [7, 11) is 1.65. The number of nitrogens with one attached hydrogen (secondary N) is 1. The number of hydrogen-bond acceptors (Lipinski definition) is 6. The molecule has 0 aromatic heterocycles. The fourth-order valence-corrected chi connectivity index (χ4v) is 1.79. The lowest BCUT2D eigenvalue weighted by molar-refractivity contribution is 0.00294. The van der Waals surface area contributed by atoms with Gasteiger partial charge in [-0.3, -0.25) is 5.32 Å². The number of ether oxygens (including phenoxy) is 4. The number of methoxy groups -OCH3 is 1. The maximum atomic E-state index is 9.10. The normalized spacial score (nSPS) is 13.8. The summed E-state index contributed by atoms with van der Waals surface area (Å²) in [5.74, 6) is 0. The molecule has 0 aliphatic rings. The van der Waals surface area contributed by atoms with Crippen LogP contribution in [-0.2, 0) is 18.9 Å². The largest absolute Gasteiger partial charge is 0.382 e. The molecule has 0 spiro atoms. The summed E-state index contributed by atoms with van der Waals surface area (Å²) < 4.78 is 21.0. The Kier molecular flexibility index (Phi) is 13.8. The predicted octanol–water partition coefficient (Wildman–Crippen LogP) is 1.35. The summed E-state index contributed by atoms with van der Waals surface area (Å²) in [5, 5.41) is 12.3. The second-order valence-corrected chi connectivity index (χ2v) is 4.91. The van der Waals surface area contributed by atoms with Crippen LogP contribution >= 0.6 is 0 Å². The van der Waals surface area contributed by atoms with Crippen LogP contribution in [0.25, 0.3) is 0 Å². The van der Waals surface area contributed by atoms with E-state index in [4.69, 9.17) is 24.2 Å². The van der Waals surface area contributed by atoms with Crippen molar-refractivity contribution in [3.63, 3.8) is 0 Å². The zero-order chi connectivity index (χ0) is 15.8. The van der Waals surface area contributed by atoms with E-state index in [2.05, 4.69) is 11.4 Å². The summed E-state index contributed by atoms with van der Waals surface area (Å²) in [6, 6.07) is 2.30. The second-order valence-electron chi connectivity index (χ2n) is 4.91. The minimum atomic E-state index is -0.450. The Labute approximate surface area is 128 Å². The van der Waals surface area contributed by atoms with Gasteiger partial charge in [0.05, 0.1) is 45.7 Å². The van der Waals surface area contributed by atoms with Crippen LogP contribution in [0.3, 0.4) is 0 Å². The Bertz CT molecular complexity index is 271. The van der Waals surface area contributed by atoms with E-state index >= 15 is 0 Å². The van der Waals surface area contributed by atoms with Crippen LogP contribution in [0.5, 0.6) is 0 Å². The first-order valence-corrected chi connectivity index (χ1v) is 7.57. The Morgan fingerprint density at radius 1 is 0.952 bits per heavy atom. The third-order valence-electron chi connectivity index (χ3n) is 2.95. The fourth-order valence-electron chi connectivity index (χ4n) is 1.79. The molecule has 6 nitrogen and oxygen atoms in total. The van der Waals surface area contributed by atoms with E-state index in [9.17, 15) is 0 Å². The Morgan fingerprint density at radius 3 is 1.95 bits per heavy atom. The van der Waals surface area contributed by atoms with Gasteiger partial charge in [0.1, 0.15) is 5.54 Å². The lowest BCUT2D eigenvalue weighted by atomic mass is 9.98. The van der Waals surface area contributed by atoms with E-state index in [1.165, 1.54) is 0 Å². The molecule has 6 heteroatoms. The molecule has 0 bridgehead atoms. The molecule has 0 saturated heterocycles. The quantitative estimate of drug-likeness (QED) is 0.460. The predicted molar refractivity (Wildman–Crippen MR) is 81.3 cm³/mol. The van der Waals surface area contributed by atoms with Gasteiger partial charge in [-0.25, -0.2) is 0 Å². The zero-order valence-corrected chi connectivity index (χ0v) is 13.7.